The van der Waals surface area contributed by atoms with E-state index in [0.717, 1.165) is 30.4 Å². The number of carboxylic acid groups (broad SMARTS) is 1. The van der Waals surface area contributed by atoms with Gasteiger partial charge in [-0.05, 0) is 139 Å². The molecule has 0 fully saturated rings. The number of nitrogens with two attached hydrogens (primary N) is 1. The van der Waals surface area contributed by atoms with E-state index in [0.29, 0.717) is 31.1 Å². The van der Waals surface area contributed by atoms with Crippen LogP contribution in [0.4, 0.5) is 9.59 Å². The summed E-state index contributed by atoms with van der Waals surface area (Å²) < 4.78 is 22.6. The van der Waals surface area contributed by atoms with Crippen LogP contribution in [0.3, 0.4) is 0 Å². The normalized spacial score (nSPS) is 12.9. The maximum atomic E-state index is 14.2. The van der Waals surface area contributed by atoms with Gasteiger partial charge in [-0.25, -0.2) is 14.4 Å². The maximum absolute atomic E-state index is 14.2. The van der Waals surface area contributed by atoms with Gasteiger partial charge in [-0.15, -0.1) is 0 Å². The third-order valence-corrected chi connectivity index (χ3v) is 11.5. The van der Waals surface area contributed by atoms with Gasteiger partial charge < -0.3 is 67.0 Å². The summed E-state index contributed by atoms with van der Waals surface area (Å²) in [5, 5.41) is 27.9. The van der Waals surface area contributed by atoms with E-state index in [2.05, 4.69) is 56.3 Å². The lowest BCUT2D eigenvalue weighted by molar-refractivity contribution is -0.142. The number of para-hydroxylation sites is 1. The fraction of sp³-hybridized carbons (Fsp3) is 0.552. The highest BCUT2D eigenvalue weighted by molar-refractivity contribution is 5.99. The van der Waals surface area contributed by atoms with Crippen molar-refractivity contribution in [3.63, 3.8) is 0 Å². The molecule has 3 aromatic rings. The molecule has 0 radical (unpaired) electrons. The number of unbranched alkanes of at least 4 members (excludes halogenated alkanes) is 2. The monoisotopic (exact) mass is 1100 g/mol. The Labute approximate surface area is 465 Å². The van der Waals surface area contributed by atoms with Crippen molar-refractivity contribution in [2.75, 3.05) is 32.8 Å². The third kappa shape index (κ3) is 25.3. The molecule has 21 heteroatoms. The molecule has 0 aliphatic rings. The number of carboxylic acids is 1. The molecule has 7 amide bonds. The molecule has 0 saturated heterocycles. The predicted molar refractivity (Wildman–Crippen MR) is 300 cm³/mol. The number of aryl methyl sites for hydroxylation is 1. The van der Waals surface area contributed by atoms with Gasteiger partial charge in [0.15, 0.2) is 17.7 Å². The molecule has 10 N–H and O–H groups in total. The number of ether oxygens (including phenoxy) is 4. The van der Waals surface area contributed by atoms with Gasteiger partial charge in [0.1, 0.15) is 29.3 Å². The van der Waals surface area contributed by atoms with Crippen molar-refractivity contribution >= 4 is 47.7 Å². The molecule has 21 nitrogen and oxygen atoms in total. The quantitative estimate of drug-likeness (QED) is 0.0238. The summed E-state index contributed by atoms with van der Waals surface area (Å²) in [6.07, 6.45) is -0.212. The van der Waals surface area contributed by atoms with Crippen molar-refractivity contribution in [2.45, 2.75) is 163 Å². The van der Waals surface area contributed by atoms with Crippen LogP contribution in [0.1, 0.15) is 147 Å². The van der Waals surface area contributed by atoms with Crippen LogP contribution in [-0.4, -0.2) is 121 Å². The van der Waals surface area contributed by atoms with E-state index in [1.165, 1.54) is 5.56 Å². The lowest BCUT2D eigenvalue weighted by Gasteiger charge is -2.25. The van der Waals surface area contributed by atoms with Crippen molar-refractivity contribution in [2.24, 2.45) is 17.6 Å². The topological polar surface area (TPSA) is 304 Å². The number of alkyl carbamates (subject to hydrolysis) is 2. The zero-order chi connectivity index (χ0) is 58.9. The summed E-state index contributed by atoms with van der Waals surface area (Å²) in [5.41, 5.74) is 7.97. The Morgan fingerprint density at radius 1 is 0.557 bits per heavy atom. The van der Waals surface area contributed by atoms with Gasteiger partial charge in [-0.3, -0.25) is 24.0 Å². The molecule has 0 unspecified atom stereocenters. The zero-order valence-electron chi connectivity index (χ0n) is 47.9. The van der Waals surface area contributed by atoms with E-state index >= 15 is 0 Å². The molecule has 0 bridgehead atoms. The minimum absolute atomic E-state index is 0.0685. The first-order chi connectivity index (χ1) is 37.2. The maximum Gasteiger partial charge on any atom is 0.407 e. The van der Waals surface area contributed by atoms with Crippen molar-refractivity contribution in [3.8, 4) is 22.6 Å². The van der Waals surface area contributed by atoms with Crippen LogP contribution < -0.4 is 52.4 Å². The lowest BCUT2D eigenvalue weighted by Crippen LogP contribution is -2.60. The largest absolute Gasteiger partial charge is 0.489 e. The smallest absolute Gasteiger partial charge is 0.407 e. The summed E-state index contributed by atoms with van der Waals surface area (Å²) in [6, 6.07) is 15.7. The van der Waals surface area contributed by atoms with Gasteiger partial charge in [0, 0.05) is 25.2 Å². The van der Waals surface area contributed by atoms with Crippen LogP contribution in [0.5, 0.6) is 11.5 Å². The molecule has 4 atom stereocenters. The zero-order valence-corrected chi connectivity index (χ0v) is 47.9. The van der Waals surface area contributed by atoms with Crippen molar-refractivity contribution in [1.82, 2.24) is 37.2 Å². The van der Waals surface area contributed by atoms with E-state index in [-0.39, 0.29) is 68.3 Å². The van der Waals surface area contributed by atoms with Crippen LogP contribution >= 0.6 is 0 Å². The van der Waals surface area contributed by atoms with E-state index in [4.69, 9.17) is 24.7 Å². The Morgan fingerprint density at radius 2 is 1.08 bits per heavy atom. The standard InChI is InChI=1S/C58H86N8O13/c1-12-13-17-38-21-23-39(24-22-38)40-25-27-41(28-26-40)49(67)63-43(29-32-61-55(74)78-57(6,7)8)51(69)64-44(30-33-62-56(75)79-58(9,10)11)52(70)66-48(59)53(71)65-45(54(72)73)19-14-15-31-60-50(68)42-18-16-20-46(76-34-36(2)3)47(42)77-35-37(4)5/h16,18,20-28,36-37,43-45,48H,12-15,17,19,29-35,59H2,1-11H3,(H,60,68)(H,61,74)(H,62,75)(H,63,67)(H,64,69)(H,65,71)(H,66,70)(H,72,73)/t43-,44-,45-,48+/m0/s1. The Balaban J connectivity index is 1.74. The number of hydrogen-bond donors (Lipinski definition) is 9. The summed E-state index contributed by atoms with van der Waals surface area (Å²) in [5.74, 6) is -4.17. The van der Waals surface area contributed by atoms with Crippen molar-refractivity contribution < 1.29 is 62.4 Å². The number of rotatable bonds is 31. The van der Waals surface area contributed by atoms with Crippen LogP contribution in [0, 0.1) is 11.8 Å². The Kier molecular flexibility index (Phi) is 27.1. The summed E-state index contributed by atoms with van der Waals surface area (Å²) >= 11 is 0. The molecule has 0 aliphatic carbocycles. The van der Waals surface area contributed by atoms with Crippen molar-refractivity contribution in [1.29, 1.82) is 0 Å². The first-order valence-corrected chi connectivity index (χ1v) is 27.2. The van der Waals surface area contributed by atoms with Gasteiger partial charge in [0.05, 0.1) is 18.8 Å². The first kappa shape index (κ1) is 65.9. The molecule has 0 aliphatic heterocycles. The van der Waals surface area contributed by atoms with E-state index in [1.54, 1.807) is 84.0 Å². The summed E-state index contributed by atoms with van der Waals surface area (Å²) in [6.45, 7) is 20.7. The lowest BCUT2D eigenvalue weighted by atomic mass is 10.0. The number of aliphatic carboxylic acids is 1. The predicted octanol–water partition coefficient (Wildman–Crippen LogP) is 6.75. The molecule has 0 aromatic heterocycles. The molecular weight excluding hydrogens is 1020 g/mol. The first-order valence-electron chi connectivity index (χ1n) is 27.2. The van der Waals surface area contributed by atoms with Gasteiger partial charge >= 0.3 is 18.2 Å². The molecule has 79 heavy (non-hydrogen) atoms. The highest BCUT2D eigenvalue weighted by Gasteiger charge is 2.31. The molecule has 3 aromatic carbocycles. The van der Waals surface area contributed by atoms with Gasteiger partial charge in [-0.2, -0.15) is 0 Å². The molecule has 436 valence electrons. The second-order valence-corrected chi connectivity index (χ2v) is 22.1. The van der Waals surface area contributed by atoms with Gasteiger partial charge in [0.2, 0.25) is 11.8 Å². The number of nitrogens with one attached hydrogen (secondary N) is 7. The summed E-state index contributed by atoms with van der Waals surface area (Å²) in [4.78, 5) is 106. The molecular formula is C58H86N8O13. The number of carbonyl (C=O) groups is 8. The fourth-order valence-corrected chi connectivity index (χ4v) is 7.45. The van der Waals surface area contributed by atoms with E-state index < -0.39 is 83.2 Å². The highest BCUT2D eigenvalue weighted by Crippen LogP contribution is 2.32. The number of carbonyl (C=O) groups excluding carboxylic acids is 7. The average Bonchev–Trinajstić information content (AvgIpc) is 3.37. The number of benzene rings is 3. The van der Waals surface area contributed by atoms with Gasteiger partial charge in [0.25, 0.3) is 17.7 Å². The minimum Gasteiger partial charge on any atom is -0.489 e. The molecule has 3 rings (SSSR count). The fourth-order valence-electron chi connectivity index (χ4n) is 7.45. The molecule has 0 saturated carbocycles. The highest BCUT2D eigenvalue weighted by atomic mass is 16.6. The van der Waals surface area contributed by atoms with Crippen LogP contribution in [0.2, 0.25) is 0 Å². The minimum atomic E-state index is -1.82. The van der Waals surface area contributed by atoms with Crippen LogP contribution in [-0.2, 0) is 35.1 Å². The Hall–Kier alpha value is -7.42. The van der Waals surface area contributed by atoms with E-state index in [9.17, 15) is 43.5 Å². The SMILES string of the molecule is CCCCc1ccc(-c2ccc(C(=O)N[C@@H](CCNC(=O)OC(C)(C)C)C(=O)N[C@@H](CCNC(=O)OC(C)(C)C)C(=O)N[C@@H](N)C(=O)N[C@@H](CCCCNC(=O)c3cccc(OCC(C)C)c3OCC(C)C)C(=O)O)cc2)cc1. The average molecular weight is 1100 g/mol. The second-order valence-electron chi connectivity index (χ2n) is 22.1. The van der Waals surface area contributed by atoms with Crippen LogP contribution in [0.15, 0.2) is 66.7 Å². The number of hydrogen-bond acceptors (Lipinski definition) is 13. The van der Waals surface area contributed by atoms with Gasteiger partial charge in [-0.1, -0.05) is 83.5 Å². The Bertz CT molecular complexity index is 2470. The Morgan fingerprint density at radius 3 is 1.61 bits per heavy atom. The second kappa shape index (κ2) is 32.5. The summed E-state index contributed by atoms with van der Waals surface area (Å²) in [7, 11) is 0. The van der Waals surface area contributed by atoms with E-state index in [1.807, 2.05) is 39.8 Å². The van der Waals surface area contributed by atoms with Crippen molar-refractivity contribution in [3.05, 3.63) is 83.4 Å². The molecule has 0 spiro atoms. The van der Waals surface area contributed by atoms with Crippen LogP contribution in [0.25, 0.3) is 11.1 Å². The third-order valence-electron chi connectivity index (χ3n) is 11.5. The molecule has 0 heterocycles. The number of amides is 7.